The highest BCUT2D eigenvalue weighted by Crippen LogP contribution is 2.37. The van der Waals surface area contributed by atoms with E-state index in [0.717, 1.165) is 12.8 Å². The molecule has 1 aromatic carbocycles. The molecule has 1 fully saturated rings. The first-order chi connectivity index (χ1) is 9.77. The Morgan fingerprint density at radius 1 is 1.19 bits per heavy atom. The lowest BCUT2D eigenvalue weighted by molar-refractivity contribution is 0.336. The molecule has 0 atom stereocenters. The van der Waals surface area contributed by atoms with E-state index in [1.54, 1.807) is 26.0 Å². The molecule has 0 bridgehead atoms. The van der Waals surface area contributed by atoms with Crippen LogP contribution < -0.4 is 16.0 Å². The zero-order valence-electron chi connectivity index (χ0n) is 13.0. The lowest BCUT2D eigenvalue weighted by Crippen LogP contribution is -2.34. The van der Waals surface area contributed by atoms with E-state index in [9.17, 15) is 8.42 Å². The third-order valence-corrected chi connectivity index (χ3v) is 6.10. The van der Waals surface area contributed by atoms with E-state index in [0.29, 0.717) is 28.3 Å². The van der Waals surface area contributed by atoms with Crippen LogP contribution in [-0.2, 0) is 10.0 Å². The maximum atomic E-state index is 12.6. The topological polar surface area (TPSA) is 84.2 Å². The van der Waals surface area contributed by atoms with Crippen molar-refractivity contribution in [3.8, 4) is 0 Å². The molecule has 1 aromatic rings. The fourth-order valence-corrected chi connectivity index (χ4v) is 4.85. The van der Waals surface area contributed by atoms with E-state index in [4.69, 9.17) is 5.84 Å². The smallest absolute Gasteiger partial charge is 0.241 e. The number of nitrogens with one attached hydrogen (secondary N) is 2. The van der Waals surface area contributed by atoms with Crippen molar-refractivity contribution >= 4 is 15.7 Å². The first-order valence-corrected chi connectivity index (χ1v) is 8.83. The number of hydrogen-bond acceptors (Lipinski definition) is 4. The summed E-state index contributed by atoms with van der Waals surface area (Å²) in [6.07, 6.45) is 4.55. The van der Waals surface area contributed by atoms with Crippen LogP contribution in [0.4, 0.5) is 5.69 Å². The van der Waals surface area contributed by atoms with Gasteiger partial charge in [0.1, 0.15) is 0 Å². The Kier molecular flexibility index (Phi) is 4.60. The molecule has 1 saturated carbocycles. The standard InChI is InChI=1S/C15H25N3O2S/c1-11-8-13(18-16)9-12(2)14(11)21(19,20)17-10-15(3)6-4-5-7-15/h8-9,17-18H,4-7,10,16H2,1-3H3. The van der Waals surface area contributed by atoms with Gasteiger partial charge in [0.05, 0.1) is 4.90 Å². The van der Waals surface area contributed by atoms with E-state index in [1.807, 2.05) is 0 Å². The monoisotopic (exact) mass is 311 g/mol. The molecule has 5 nitrogen and oxygen atoms in total. The van der Waals surface area contributed by atoms with Crippen molar-refractivity contribution in [2.75, 3.05) is 12.0 Å². The van der Waals surface area contributed by atoms with Crippen molar-refractivity contribution < 1.29 is 8.42 Å². The predicted molar refractivity (Wildman–Crippen MR) is 85.5 cm³/mol. The predicted octanol–water partition coefficient (Wildman–Crippen LogP) is 2.45. The molecule has 0 aromatic heterocycles. The van der Waals surface area contributed by atoms with Gasteiger partial charge in [0.2, 0.25) is 10.0 Å². The van der Waals surface area contributed by atoms with E-state index in [1.165, 1.54) is 12.8 Å². The van der Waals surface area contributed by atoms with Crippen LogP contribution in [0.15, 0.2) is 17.0 Å². The summed E-state index contributed by atoms with van der Waals surface area (Å²) in [5.41, 5.74) is 4.76. The number of sulfonamides is 1. The van der Waals surface area contributed by atoms with Crippen molar-refractivity contribution in [2.45, 2.75) is 51.3 Å². The Morgan fingerprint density at radius 3 is 2.19 bits per heavy atom. The zero-order valence-corrected chi connectivity index (χ0v) is 13.8. The Bertz CT molecular complexity index is 597. The molecular formula is C15H25N3O2S. The van der Waals surface area contributed by atoms with Gasteiger partial charge in [0, 0.05) is 12.2 Å². The van der Waals surface area contributed by atoms with Gasteiger partial charge < -0.3 is 5.43 Å². The van der Waals surface area contributed by atoms with Crippen molar-refractivity contribution in [3.63, 3.8) is 0 Å². The van der Waals surface area contributed by atoms with Gasteiger partial charge in [-0.1, -0.05) is 19.8 Å². The molecule has 1 aliphatic carbocycles. The Labute approximate surface area is 127 Å². The highest BCUT2D eigenvalue weighted by Gasteiger charge is 2.31. The fraction of sp³-hybridized carbons (Fsp3) is 0.600. The lowest BCUT2D eigenvalue weighted by Gasteiger charge is -2.24. The van der Waals surface area contributed by atoms with Gasteiger partial charge in [-0.25, -0.2) is 13.1 Å². The minimum Gasteiger partial charge on any atom is -0.324 e. The summed E-state index contributed by atoms with van der Waals surface area (Å²) in [6.45, 7) is 6.24. The number of benzene rings is 1. The number of aryl methyl sites for hydroxylation is 2. The van der Waals surface area contributed by atoms with Crippen LogP contribution in [0.2, 0.25) is 0 Å². The zero-order chi connectivity index (χ0) is 15.7. The summed E-state index contributed by atoms with van der Waals surface area (Å²) in [4.78, 5) is 0.364. The number of nitrogen functional groups attached to an aromatic ring is 1. The summed E-state index contributed by atoms with van der Waals surface area (Å²) >= 11 is 0. The largest absolute Gasteiger partial charge is 0.324 e. The molecule has 0 radical (unpaired) electrons. The van der Waals surface area contributed by atoms with E-state index >= 15 is 0 Å². The van der Waals surface area contributed by atoms with Gasteiger partial charge in [-0.05, 0) is 55.4 Å². The Balaban J connectivity index is 2.23. The highest BCUT2D eigenvalue weighted by atomic mass is 32.2. The lowest BCUT2D eigenvalue weighted by atomic mass is 9.89. The molecule has 2 rings (SSSR count). The van der Waals surface area contributed by atoms with E-state index in [2.05, 4.69) is 17.1 Å². The molecule has 118 valence electrons. The Hall–Kier alpha value is -1.11. The fourth-order valence-electron chi connectivity index (χ4n) is 3.20. The summed E-state index contributed by atoms with van der Waals surface area (Å²) in [5.74, 6) is 5.39. The van der Waals surface area contributed by atoms with Gasteiger partial charge >= 0.3 is 0 Å². The van der Waals surface area contributed by atoms with Crippen LogP contribution in [0.3, 0.4) is 0 Å². The molecule has 0 saturated heterocycles. The van der Waals surface area contributed by atoms with Crippen LogP contribution in [0.5, 0.6) is 0 Å². The molecule has 0 heterocycles. The van der Waals surface area contributed by atoms with E-state index in [-0.39, 0.29) is 5.41 Å². The molecular weight excluding hydrogens is 286 g/mol. The first kappa shape index (κ1) is 16.3. The van der Waals surface area contributed by atoms with Crippen LogP contribution in [-0.4, -0.2) is 15.0 Å². The number of hydrogen-bond donors (Lipinski definition) is 3. The van der Waals surface area contributed by atoms with Gasteiger partial charge in [0.15, 0.2) is 0 Å². The highest BCUT2D eigenvalue weighted by molar-refractivity contribution is 7.89. The minimum atomic E-state index is -3.49. The second kappa shape index (κ2) is 5.94. The molecule has 1 aliphatic rings. The van der Waals surface area contributed by atoms with Crippen LogP contribution >= 0.6 is 0 Å². The summed E-state index contributed by atoms with van der Waals surface area (Å²) in [5, 5.41) is 0. The normalized spacial score (nSPS) is 17.9. The minimum absolute atomic E-state index is 0.0909. The van der Waals surface area contributed by atoms with Crippen molar-refractivity contribution in [1.29, 1.82) is 0 Å². The maximum absolute atomic E-state index is 12.6. The molecule has 4 N–H and O–H groups in total. The molecule has 21 heavy (non-hydrogen) atoms. The first-order valence-electron chi connectivity index (χ1n) is 7.35. The molecule has 0 aliphatic heterocycles. The third kappa shape index (κ3) is 3.56. The average Bonchev–Trinajstić information content (AvgIpc) is 2.83. The molecule has 0 amide bonds. The van der Waals surface area contributed by atoms with Gasteiger partial charge in [-0.15, -0.1) is 0 Å². The molecule has 0 unspecified atom stereocenters. The van der Waals surface area contributed by atoms with Crippen molar-refractivity contribution in [2.24, 2.45) is 11.3 Å². The number of hydrazine groups is 1. The number of nitrogens with two attached hydrogens (primary N) is 1. The SMILES string of the molecule is Cc1cc(NN)cc(C)c1S(=O)(=O)NCC1(C)CCCC1. The van der Waals surface area contributed by atoms with Gasteiger partial charge in [-0.2, -0.15) is 0 Å². The van der Waals surface area contributed by atoms with E-state index < -0.39 is 10.0 Å². The van der Waals surface area contributed by atoms with Crippen LogP contribution in [0, 0.1) is 19.3 Å². The molecule has 0 spiro atoms. The van der Waals surface area contributed by atoms with Crippen LogP contribution in [0.25, 0.3) is 0 Å². The third-order valence-electron chi connectivity index (χ3n) is 4.40. The number of anilines is 1. The second-order valence-electron chi connectivity index (χ2n) is 6.43. The van der Waals surface area contributed by atoms with Gasteiger partial charge in [0.25, 0.3) is 0 Å². The second-order valence-corrected chi connectivity index (χ2v) is 8.13. The van der Waals surface area contributed by atoms with Crippen molar-refractivity contribution in [3.05, 3.63) is 23.3 Å². The quantitative estimate of drug-likeness (QED) is 0.576. The summed E-state index contributed by atoms with van der Waals surface area (Å²) < 4.78 is 28.0. The average molecular weight is 311 g/mol. The number of rotatable bonds is 5. The summed E-state index contributed by atoms with van der Waals surface area (Å²) in [7, 11) is -3.49. The van der Waals surface area contributed by atoms with Gasteiger partial charge in [-0.3, -0.25) is 5.84 Å². The molecule has 6 heteroatoms. The van der Waals surface area contributed by atoms with Crippen LogP contribution in [0.1, 0.15) is 43.7 Å². The maximum Gasteiger partial charge on any atom is 0.241 e. The summed E-state index contributed by atoms with van der Waals surface area (Å²) in [6, 6.07) is 3.50. The Morgan fingerprint density at radius 2 is 1.71 bits per heavy atom. The van der Waals surface area contributed by atoms with Crippen molar-refractivity contribution in [1.82, 2.24) is 4.72 Å².